The molecule has 0 saturated carbocycles. The Morgan fingerprint density at radius 3 is 2.75 bits per heavy atom. The number of benzene rings is 1. The van der Waals surface area contributed by atoms with E-state index in [0.29, 0.717) is 0 Å². The molecule has 0 amide bonds. The third-order valence-corrected chi connectivity index (χ3v) is 2.96. The Kier molecular flexibility index (Phi) is 3.51. The summed E-state index contributed by atoms with van der Waals surface area (Å²) in [6.07, 6.45) is 2.64. The predicted molar refractivity (Wildman–Crippen MR) is 65.3 cm³/mol. The van der Waals surface area contributed by atoms with Gasteiger partial charge in [-0.2, -0.15) is 0 Å². The van der Waals surface area contributed by atoms with Gasteiger partial charge in [-0.25, -0.2) is 9.37 Å². The molecule has 0 fully saturated rings. The van der Waals surface area contributed by atoms with Crippen LogP contribution in [0.15, 0.2) is 35.8 Å². The molecule has 0 aliphatic heterocycles. The van der Waals surface area contributed by atoms with E-state index in [1.165, 1.54) is 12.1 Å². The van der Waals surface area contributed by atoms with Gasteiger partial charge in [-0.1, -0.05) is 12.1 Å². The lowest BCUT2D eigenvalue weighted by Gasteiger charge is -2.12. The third-order valence-electron chi connectivity index (χ3n) is 2.26. The Hall–Kier alpha value is -1.42. The standard InChI is InChI=1S/C12H13FN2S/c1-9(15-12-14-6-7-16-12)8-10-2-4-11(13)5-3-10/h2-7,9H,8H2,1H3,(H,14,15). The molecule has 0 spiro atoms. The van der Waals surface area contributed by atoms with Gasteiger partial charge < -0.3 is 5.32 Å². The Labute approximate surface area is 98.2 Å². The molecule has 4 heteroatoms. The van der Waals surface area contributed by atoms with E-state index < -0.39 is 0 Å². The number of thiazole rings is 1. The number of hydrogen-bond donors (Lipinski definition) is 1. The summed E-state index contributed by atoms with van der Waals surface area (Å²) in [6, 6.07) is 6.90. The zero-order valence-electron chi connectivity index (χ0n) is 8.98. The van der Waals surface area contributed by atoms with E-state index in [1.807, 2.05) is 17.5 Å². The Balaban J connectivity index is 1.92. The fourth-order valence-electron chi connectivity index (χ4n) is 1.53. The first kappa shape index (κ1) is 11.1. The summed E-state index contributed by atoms with van der Waals surface area (Å²) in [6.45, 7) is 2.09. The van der Waals surface area contributed by atoms with Crippen molar-refractivity contribution >= 4 is 16.5 Å². The number of nitrogens with zero attached hydrogens (tertiary/aromatic N) is 1. The van der Waals surface area contributed by atoms with Gasteiger partial charge in [-0.3, -0.25) is 0 Å². The molecule has 2 rings (SSSR count). The van der Waals surface area contributed by atoms with Gasteiger partial charge in [0, 0.05) is 17.6 Å². The summed E-state index contributed by atoms with van der Waals surface area (Å²) in [5.41, 5.74) is 1.12. The van der Waals surface area contributed by atoms with E-state index in [4.69, 9.17) is 0 Å². The van der Waals surface area contributed by atoms with Crippen LogP contribution in [0.2, 0.25) is 0 Å². The molecule has 2 nitrogen and oxygen atoms in total. The number of anilines is 1. The fourth-order valence-corrected chi connectivity index (χ4v) is 2.17. The summed E-state index contributed by atoms with van der Waals surface area (Å²) in [5, 5.41) is 6.16. The van der Waals surface area contributed by atoms with Crippen LogP contribution in [0.4, 0.5) is 9.52 Å². The summed E-state index contributed by atoms with van der Waals surface area (Å²) >= 11 is 1.58. The Bertz CT molecular complexity index is 425. The minimum Gasteiger partial charge on any atom is -0.359 e. The van der Waals surface area contributed by atoms with Crippen molar-refractivity contribution in [3.05, 3.63) is 47.2 Å². The van der Waals surface area contributed by atoms with E-state index in [2.05, 4.69) is 17.2 Å². The summed E-state index contributed by atoms with van der Waals surface area (Å²) in [5.74, 6) is -0.190. The lowest BCUT2D eigenvalue weighted by Crippen LogP contribution is -2.17. The normalized spacial score (nSPS) is 12.4. The predicted octanol–water partition coefficient (Wildman–Crippen LogP) is 3.33. The van der Waals surface area contributed by atoms with Crippen LogP contribution in [-0.2, 0) is 6.42 Å². The van der Waals surface area contributed by atoms with E-state index in [9.17, 15) is 4.39 Å². The molecule has 1 atom stereocenters. The monoisotopic (exact) mass is 236 g/mol. The van der Waals surface area contributed by atoms with Crippen LogP contribution in [0.3, 0.4) is 0 Å². The van der Waals surface area contributed by atoms with Crippen LogP contribution in [0.25, 0.3) is 0 Å². The number of rotatable bonds is 4. The Morgan fingerprint density at radius 2 is 2.12 bits per heavy atom. The van der Waals surface area contributed by atoms with Crippen molar-refractivity contribution in [1.29, 1.82) is 0 Å². The minimum absolute atomic E-state index is 0.190. The van der Waals surface area contributed by atoms with E-state index in [0.717, 1.165) is 17.1 Å². The molecule has 0 bridgehead atoms. The van der Waals surface area contributed by atoms with Crippen molar-refractivity contribution in [3.63, 3.8) is 0 Å². The van der Waals surface area contributed by atoms with Crippen LogP contribution in [0.5, 0.6) is 0 Å². The van der Waals surface area contributed by atoms with Gasteiger partial charge in [0.25, 0.3) is 0 Å². The molecule has 1 aromatic heterocycles. The fraction of sp³-hybridized carbons (Fsp3) is 0.250. The lowest BCUT2D eigenvalue weighted by molar-refractivity contribution is 0.626. The number of hydrogen-bond acceptors (Lipinski definition) is 3. The van der Waals surface area contributed by atoms with E-state index in [-0.39, 0.29) is 11.9 Å². The summed E-state index contributed by atoms with van der Waals surface area (Å²) < 4.78 is 12.7. The SMILES string of the molecule is CC(Cc1ccc(F)cc1)Nc1nccs1. The highest BCUT2D eigenvalue weighted by atomic mass is 32.1. The van der Waals surface area contributed by atoms with Crippen LogP contribution in [-0.4, -0.2) is 11.0 Å². The highest BCUT2D eigenvalue weighted by Gasteiger charge is 2.04. The number of aromatic nitrogens is 1. The summed E-state index contributed by atoms with van der Waals surface area (Å²) in [7, 11) is 0. The van der Waals surface area contributed by atoms with Gasteiger partial charge in [-0.05, 0) is 31.0 Å². The highest BCUT2D eigenvalue weighted by Crippen LogP contribution is 2.14. The first-order chi connectivity index (χ1) is 7.74. The van der Waals surface area contributed by atoms with E-state index >= 15 is 0 Å². The van der Waals surface area contributed by atoms with Crippen molar-refractivity contribution < 1.29 is 4.39 Å². The van der Waals surface area contributed by atoms with Crippen molar-refractivity contribution in [3.8, 4) is 0 Å². The molecule has 1 heterocycles. The van der Waals surface area contributed by atoms with Crippen LogP contribution >= 0.6 is 11.3 Å². The highest BCUT2D eigenvalue weighted by molar-refractivity contribution is 7.13. The molecule has 0 aliphatic rings. The molecular formula is C12H13FN2S. The zero-order chi connectivity index (χ0) is 11.4. The molecule has 0 aliphatic carbocycles. The van der Waals surface area contributed by atoms with Gasteiger partial charge in [-0.15, -0.1) is 11.3 Å². The van der Waals surface area contributed by atoms with Gasteiger partial charge in [0.15, 0.2) is 5.13 Å². The maximum Gasteiger partial charge on any atom is 0.182 e. The molecule has 16 heavy (non-hydrogen) atoms. The van der Waals surface area contributed by atoms with Crippen molar-refractivity contribution in [1.82, 2.24) is 4.98 Å². The molecule has 1 unspecified atom stereocenters. The second-order valence-electron chi connectivity index (χ2n) is 3.71. The lowest BCUT2D eigenvalue weighted by atomic mass is 10.1. The molecule has 1 N–H and O–H groups in total. The zero-order valence-corrected chi connectivity index (χ0v) is 9.80. The molecule has 0 saturated heterocycles. The van der Waals surface area contributed by atoms with Gasteiger partial charge in [0.05, 0.1) is 0 Å². The maximum absolute atomic E-state index is 12.7. The molecule has 84 valence electrons. The Morgan fingerprint density at radius 1 is 1.38 bits per heavy atom. The smallest absolute Gasteiger partial charge is 0.182 e. The third kappa shape index (κ3) is 3.03. The van der Waals surface area contributed by atoms with E-state index in [1.54, 1.807) is 17.5 Å². The van der Waals surface area contributed by atoms with Crippen LogP contribution in [0, 0.1) is 5.82 Å². The minimum atomic E-state index is -0.190. The van der Waals surface area contributed by atoms with Gasteiger partial charge in [0.1, 0.15) is 5.82 Å². The second kappa shape index (κ2) is 5.07. The topological polar surface area (TPSA) is 24.9 Å². The quantitative estimate of drug-likeness (QED) is 0.880. The second-order valence-corrected chi connectivity index (χ2v) is 4.61. The molecule has 1 aromatic carbocycles. The maximum atomic E-state index is 12.7. The average Bonchev–Trinajstić information content (AvgIpc) is 2.74. The van der Waals surface area contributed by atoms with Crippen molar-refractivity contribution in [2.24, 2.45) is 0 Å². The summed E-state index contributed by atoms with van der Waals surface area (Å²) in [4.78, 5) is 4.16. The van der Waals surface area contributed by atoms with Gasteiger partial charge in [0.2, 0.25) is 0 Å². The van der Waals surface area contributed by atoms with Crippen molar-refractivity contribution in [2.45, 2.75) is 19.4 Å². The first-order valence-corrected chi connectivity index (χ1v) is 6.02. The molecule has 0 radical (unpaired) electrons. The number of nitrogens with one attached hydrogen (secondary N) is 1. The largest absolute Gasteiger partial charge is 0.359 e. The first-order valence-electron chi connectivity index (χ1n) is 5.14. The van der Waals surface area contributed by atoms with Crippen LogP contribution < -0.4 is 5.32 Å². The van der Waals surface area contributed by atoms with Crippen molar-refractivity contribution in [2.75, 3.05) is 5.32 Å². The van der Waals surface area contributed by atoms with Crippen LogP contribution in [0.1, 0.15) is 12.5 Å². The molecular weight excluding hydrogens is 223 g/mol. The van der Waals surface area contributed by atoms with Gasteiger partial charge >= 0.3 is 0 Å². The average molecular weight is 236 g/mol. The molecule has 2 aromatic rings. The number of halogens is 1.